The molecule has 1 aliphatic rings. The van der Waals surface area contributed by atoms with E-state index in [-0.39, 0.29) is 23.8 Å². The Labute approximate surface area is 217 Å². The molecule has 0 radical (unpaired) electrons. The molecule has 1 heterocycles. The van der Waals surface area contributed by atoms with Gasteiger partial charge in [0.15, 0.2) is 0 Å². The maximum Gasteiger partial charge on any atom is 0.410 e. The predicted octanol–water partition coefficient (Wildman–Crippen LogP) is 5.95. The summed E-state index contributed by atoms with van der Waals surface area (Å²) in [6.07, 6.45) is 1.08. The third-order valence-corrected chi connectivity index (χ3v) is 6.56. The van der Waals surface area contributed by atoms with E-state index in [1.165, 1.54) is 18.2 Å². The third-order valence-electron chi connectivity index (χ3n) is 6.56. The molecule has 0 saturated heterocycles. The van der Waals surface area contributed by atoms with E-state index in [1.54, 1.807) is 11.0 Å². The van der Waals surface area contributed by atoms with E-state index in [2.05, 4.69) is 4.90 Å². The Bertz CT molecular complexity index is 1210. The molecule has 1 atom stereocenters. The summed E-state index contributed by atoms with van der Waals surface area (Å²) in [5.41, 5.74) is 9.94. The van der Waals surface area contributed by atoms with Crippen LogP contribution in [0.15, 0.2) is 66.7 Å². The molecule has 3 aromatic carbocycles. The highest BCUT2D eigenvalue weighted by atomic mass is 19.1. The van der Waals surface area contributed by atoms with Crippen molar-refractivity contribution in [1.29, 1.82) is 0 Å². The molecule has 1 aliphatic heterocycles. The van der Waals surface area contributed by atoms with Gasteiger partial charge in [0.2, 0.25) is 0 Å². The van der Waals surface area contributed by atoms with E-state index in [0.717, 1.165) is 35.1 Å². The van der Waals surface area contributed by atoms with Crippen molar-refractivity contribution in [2.75, 3.05) is 18.8 Å². The Morgan fingerprint density at radius 2 is 1.62 bits per heavy atom. The van der Waals surface area contributed by atoms with Crippen LogP contribution < -0.4 is 5.73 Å². The zero-order valence-electron chi connectivity index (χ0n) is 21.7. The third kappa shape index (κ3) is 7.52. The van der Waals surface area contributed by atoms with Gasteiger partial charge >= 0.3 is 6.09 Å². The van der Waals surface area contributed by atoms with Gasteiger partial charge in [0.1, 0.15) is 17.2 Å². The summed E-state index contributed by atoms with van der Waals surface area (Å²) >= 11 is 0. The zero-order chi connectivity index (χ0) is 26.6. The number of carbonyl (C=O) groups is 1. The summed E-state index contributed by atoms with van der Waals surface area (Å²) in [5.74, 6) is -0.518. The van der Waals surface area contributed by atoms with E-state index >= 15 is 0 Å². The van der Waals surface area contributed by atoms with Crippen molar-refractivity contribution in [3.8, 4) is 0 Å². The Balaban J connectivity index is 1.54. The molecule has 1 amide bonds. The largest absolute Gasteiger partial charge is 0.444 e. The minimum Gasteiger partial charge on any atom is -0.444 e. The number of benzene rings is 3. The first-order valence-corrected chi connectivity index (χ1v) is 12.6. The summed E-state index contributed by atoms with van der Waals surface area (Å²) in [4.78, 5) is 17.1. The molecule has 0 saturated carbocycles. The molecule has 3 aromatic rings. The SMILES string of the molecule is CC(C)(C)OC(=O)N(CCN1Cc2cc(F)ccc2CC1Cc1ccc(F)cc1)Cc1ccc(N)cc1. The minimum atomic E-state index is -0.622. The van der Waals surface area contributed by atoms with Crippen LogP contribution in [-0.4, -0.2) is 40.6 Å². The highest BCUT2D eigenvalue weighted by Crippen LogP contribution is 2.27. The number of carbonyl (C=O) groups excluding carboxylic acids is 1. The van der Waals surface area contributed by atoms with Crippen molar-refractivity contribution >= 4 is 11.8 Å². The number of nitrogen functional groups attached to an aromatic ring is 1. The van der Waals surface area contributed by atoms with Crippen molar-refractivity contribution in [2.45, 2.75) is 58.3 Å². The number of hydrogen-bond acceptors (Lipinski definition) is 4. The molecule has 0 aliphatic carbocycles. The molecular formula is C30H35F2N3O2. The molecular weight excluding hydrogens is 472 g/mol. The second kappa shape index (κ2) is 11.3. The number of anilines is 1. The molecule has 0 aromatic heterocycles. The van der Waals surface area contributed by atoms with E-state index in [0.29, 0.717) is 31.9 Å². The number of amides is 1. The van der Waals surface area contributed by atoms with Crippen LogP contribution in [0.5, 0.6) is 0 Å². The van der Waals surface area contributed by atoms with E-state index in [4.69, 9.17) is 10.5 Å². The normalized spacial score (nSPS) is 15.8. The second-order valence-electron chi connectivity index (χ2n) is 10.7. The van der Waals surface area contributed by atoms with Crippen LogP contribution in [-0.2, 0) is 30.7 Å². The van der Waals surface area contributed by atoms with Gasteiger partial charge in [0.25, 0.3) is 0 Å². The maximum absolute atomic E-state index is 14.0. The Hall–Kier alpha value is -3.45. The molecule has 0 bridgehead atoms. The summed E-state index contributed by atoms with van der Waals surface area (Å²) < 4.78 is 33.2. The minimum absolute atomic E-state index is 0.125. The average Bonchev–Trinajstić information content (AvgIpc) is 2.83. The molecule has 0 spiro atoms. The number of nitrogens with zero attached hydrogens (tertiary/aromatic N) is 2. The number of nitrogens with two attached hydrogens (primary N) is 1. The number of ether oxygens (including phenoxy) is 1. The molecule has 1 unspecified atom stereocenters. The highest BCUT2D eigenvalue weighted by Gasteiger charge is 2.29. The van der Waals surface area contributed by atoms with Crippen LogP contribution in [0.4, 0.5) is 19.3 Å². The van der Waals surface area contributed by atoms with E-state index in [1.807, 2.05) is 63.2 Å². The van der Waals surface area contributed by atoms with Crippen LogP contribution in [0.2, 0.25) is 0 Å². The zero-order valence-corrected chi connectivity index (χ0v) is 21.7. The van der Waals surface area contributed by atoms with Gasteiger partial charge in [-0.3, -0.25) is 4.90 Å². The number of halogens is 2. The van der Waals surface area contributed by atoms with Gasteiger partial charge in [-0.1, -0.05) is 30.3 Å². The molecule has 5 nitrogen and oxygen atoms in total. The number of hydrogen-bond donors (Lipinski definition) is 1. The van der Waals surface area contributed by atoms with Gasteiger partial charge in [-0.15, -0.1) is 0 Å². The van der Waals surface area contributed by atoms with Crippen LogP contribution in [0.3, 0.4) is 0 Å². The molecule has 7 heteroatoms. The standard InChI is InChI=1S/C30H35F2N3O2/c1-30(2,3)37-29(36)35(19-22-6-12-27(33)13-7-22)15-14-34-20-24-17-26(32)11-8-23(24)18-28(34)16-21-4-9-25(31)10-5-21/h4-13,17,28H,14-16,18-20,33H2,1-3H3. The van der Waals surface area contributed by atoms with Gasteiger partial charge in [0.05, 0.1) is 0 Å². The summed E-state index contributed by atoms with van der Waals surface area (Å²) in [5, 5.41) is 0. The van der Waals surface area contributed by atoms with Gasteiger partial charge in [-0.05, 0) is 92.3 Å². The molecule has 4 rings (SSSR count). The van der Waals surface area contributed by atoms with Gasteiger partial charge in [-0.2, -0.15) is 0 Å². The lowest BCUT2D eigenvalue weighted by molar-refractivity contribution is 0.0198. The van der Waals surface area contributed by atoms with Crippen molar-refractivity contribution < 1.29 is 18.3 Å². The molecule has 2 N–H and O–H groups in total. The van der Waals surface area contributed by atoms with Gasteiger partial charge in [0, 0.05) is 37.9 Å². The lowest BCUT2D eigenvalue weighted by atomic mass is 9.90. The first-order valence-electron chi connectivity index (χ1n) is 12.6. The number of rotatable bonds is 7. The van der Waals surface area contributed by atoms with Crippen molar-refractivity contribution in [2.24, 2.45) is 0 Å². The monoisotopic (exact) mass is 507 g/mol. The predicted molar refractivity (Wildman–Crippen MR) is 142 cm³/mol. The molecule has 196 valence electrons. The Morgan fingerprint density at radius 1 is 0.973 bits per heavy atom. The Kier molecular flexibility index (Phi) is 8.13. The highest BCUT2D eigenvalue weighted by molar-refractivity contribution is 5.68. The van der Waals surface area contributed by atoms with Crippen LogP contribution in [0.1, 0.15) is 43.0 Å². The fourth-order valence-electron chi connectivity index (χ4n) is 4.68. The fourth-order valence-corrected chi connectivity index (χ4v) is 4.68. The first-order chi connectivity index (χ1) is 17.6. The van der Waals surface area contributed by atoms with Gasteiger partial charge in [-0.25, -0.2) is 13.6 Å². The summed E-state index contributed by atoms with van der Waals surface area (Å²) in [6.45, 7) is 7.52. The molecule has 0 fully saturated rings. The first kappa shape index (κ1) is 26.6. The van der Waals surface area contributed by atoms with Crippen molar-refractivity contribution in [3.05, 3.63) is 101 Å². The second-order valence-corrected chi connectivity index (χ2v) is 10.7. The van der Waals surface area contributed by atoms with Crippen LogP contribution in [0, 0.1) is 11.6 Å². The summed E-state index contributed by atoms with van der Waals surface area (Å²) in [7, 11) is 0. The van der Waals surface area contributed by atoms with Crippen molar-refractivity contribution in [1.82, 2.24) is 9.80 Å². The average molecular weight is 508 g/mol. The quantitative estimate of drug-likeness (QED) is 0.401. The van der Waals surface area contributed by atoms with Gasteiger partial charge < -0.3 is 15.4 Å². The smallest absolute Gasteiger partial charge is 0.410 e. The molecule has 37 heavy (non-hydrogen) atoms. The topological polar surface area (TPSA) is 58.8 Å². The lowest BCUT2D eigenvalue weighted by Gasteiger charge is -2.38. The Morgan fingerprint density at radius 3 is 2.30 bits per heavy atom. The van der Waals surface area contributed by atoms with Crippen LogP contribution in [0.25, 0.3) is 0 Å². The van der Waals surface area contributed by atoms with E-state index < -0.39 is 5.60 Å². The fraction of sp³-hybridized carbons (Fsp3) is 0.367. The van der Waals surface area contributed by atoms with Crippen molar-refractivity contribution in [3.63, 3.8) is 0 Å². The van der Waals surface area contributed by atoms with Crippen LogP contribution >= 0.6 is 0 Å². The maximum atomic E-state index is 14.0. The number of fused-ring (bicyclic) bond motifs is 1. The lowest BCUT2D eigenvalue weighted by Crippen LogP contribution is -2.47. The van der Waals surface area contributed by atoms with E-state index in [9.17, 15) is 13.6 Å². The summed E-state index contributed by atoms with van der Waals surface area (Å²) in [6, 6.07) is 19.1.